The summed E-state index contributed by atoms with van der Waals surface area (Å²) < 4.78 is 5.57. The first-order valence-corrected chi connectivity index (χ1v) is 8.43. The number of H-pyrrole nitrogens is 1. The molecule has 0 amide bonds. The molecule has 2 heterocycles. The lowest BCUT2D eigenvalue weighted by atomic mass is 9.87. The Kier molecular flexibility index (Phi) is 3.80. The summed E-state index contributed by atoms with van der Waals surface area (Å²) in [5.74, 6) is 1.48. The maximum Gasteiger partial charge on any atom is 0.234 e. The fraction of sp³-hybridized carbons (Fsp3) is 0.389. The zero-order valence-corrected chi connectivity index (χ0v) is 14.0. The quantitative estimate of drug-likeness (QED) is 0.797. The third-order valence-electron chi connectivity index (χ3n) is 4.83. The number of anilines is 1. The smallest absolute Gasteiger partial charge is 0.234 e. The first-order chi connectivity index (χ1) is 11.8. The van der Waals surface area contributed by atoms with E-state index < -0.39 is 0 Å². The Bertz CT molecular complexity index is 820. The van der Waals surface area contributed by atoms with Gasteiger partial charge in [0, 0.05) is 36.1 Å². The van der Waals surface area contributed by atoms with Crippen LogP contribution in [-0.4, -0.2) is 33.9 Å². The predicted molar refractivity (Wildman–Crippen MR) is 92.0 cm³/mol. The summed E-state index contributed by atoms with van der Waals surface area (Å²) >= 11 is 0. The van der Waals surface area contributed by atoms with Crippen LogP contribution >= 0.6 is 0 Å². The fourth-order valence-electron chi connectivity index (χ4n) is 3.26. The fourth-order valence-corrected chi connectivity index (χ4v) is 3.26. The standard InChI is InChI=1S/C18H21N5O/c1-3-23(2)13-9-7-12(8-10-13)17-20-18(24-22-17)14-5-4-6-16-15(14)11-19-21-16/h7-11,14H,3-6H2,1-2H3,(H,19,21)/t14-/m0/s1. The number of fused-ring (bicyclic) bond motifs is 1. The zero-order valence-electron chi connectivity index (χ0n) is 14.0. The van der Waals surface area contributed by atoms with Crippen LogP contribution in [0.25, 0.3) is 11.4 Å². The highest BCUT2D eigenvalue weighted by molar-refractivity contribution is 5.60. The van der Waals surface area contributed by atoms with E-state index in [1.54, 1.807) is 0 Å². The molecule has 124 valence electrons. The van der Waals surface area contributed by atoms with Crippen molar-refractivity contribution in [2.24, 2.45) is 0 Å². The van der Waals surface area contributed by atoms with Gasteiger partial charge < -0.3 is 9.42 Å². The second kappa shape index (κ2) is 6.11. The molecule has 6 nitrogen and oxygen atoms in total. The largest absolute Gasteiger partial charge is 0.375 e. The van der Waals surface area contributed by atoms with E-state index in [9.17, 15) is 0 Å². The number of nitrogens with one attached hydrogen (secondary N) is 1. The van der Waals surface area contributed by atoms with Crippen LogP contribution in [0.1, 0.15) is 42.8 Å². The van der Waals surface area contributed by atoms with E-state index >= 15 is 0 Å². The van der Waals surface area contributed by atoms with E-state index in [0.29, 0.717) is 11.7 Å². The highest BCUT2D eigenvalue weighted by Gasteiger charge is 2.28. The molecule has 1 atom stereocenters. The number of hydrogen-bond acceptors (Lipinski definition) is 5. The minimum atomic E-state index is 0.152. The molecule has 3 aromatic rings. The van der Waals surface area contributed by atoms with Crippen LogP contribution in [-0.2, 0) is 6.42 Å². The second-order valence-corrected chi connectivity index (χ2v) is 6.27. The molecule has 0 fully saturated rings. The zero-order chi connectivity index (χ0) is 16.5. The minimum Gasteiger partial charge on any atom is -0.375 e. The minimum absolute atomic E-state index is 0.152. The van der Waals surface area contributed by atoms with Crippen LogP contribution in [0.15, 0.2) is 35.0 Å². The van der Waals surface area contributed by atoms with Crippen molar-refractivity contribution in [2.45, 2.75) is 32.1 Å². The molecule has 4 rings (SSSR count). The molecule has 0 unspecified atom stereocenters. The topological polar surface area (TPSA) is 70.8 Å². The summed E-state index contributed by atoms with van der Waals surface area (Å²) in [6.45, 7) is 3.11. The molecule has 2 aromatic heterocycles. The van der Waals surface area contributed by atoms with Gasteiger partial charge in [-0.3, -0.25) is 5.10 Å². The number of rotatable bonds is 4. The van der Waals surface area contributed by atoms with Gasteiger partial charge in [-0.05, 0) is 50.5 Å². The van der Waals surface area contributed by atoms with Crippen molar-refractivity contribution in [1.29, 1.82) is 0 Å². The number of nitrogens with zero attached hydrogens (tertiary/aromatic N) is 4. The summed E-state index contributed by atoms with van der Waals surface area (Å²) in [5, 5.41) is 11.4. The summed E-state index contributed by atoms with van der Waals surface area (Å²) in [4.78, 5) is 6.83. The van der Waals surface area contributed by atoms with Crippen molar-refractivity contribution in [2.75, 3.05) is 18.5 Å². The molecule has 0 bridgehead atoms. The molecule has 0 saturated heterocycles. The Morgan fingerprint density at radius 3 is 2.92 bits per heavy atom. The first kappa shape index (κ1) is 14.9. The molecule has 1 aromatic carbocycles. The Labute approximate surface area is 140 Å². The summed E-state index contributed by atoms with van der Waals surface area (Å²) in [5.41, 5.74) is 4.54. The van der Waals surface area contributed by atoms with E-state index in [1.807, 2.05) is 18.3 Å². The van der Waals surface area contributed by atoms with Crippen LogP contribution in [0.4, 0.5) is 5.69 Å². The van der Waals surface area contributed by atoms with Gasteiger partial charge in [0.15, 0.2) is 0 Å². The molecule has 0 saturated carbocycles. The van der Waals surface area contributed by atoms with Crippen LogP contribution in [0.2, 0.25) is 0 Å². The molecule has 24 heavy (non-hydrogen) atoms. The summed E-state index contributed by atoms with van der Waals surface area (Å²) in [6.07, 6.45) is 5.06. The van der Waals surface area contributed by atoms with Gasteiger partial charge in [0.25, 0.3) is 0 Å². The molecular weight excluding hydrogens is 302 g/mol. The van der Waals surface area contributed by atoms with E-state index in [4.69, 9.17) is 4.52 Å². The lowest BCUT2D eigenvalue weighted by Crippen LogP contribution is -2.15. The van der Waals surface area contributed by atoms with E-state index in [2.05, 4.69) is 51.3 Å². The number of benzene rings is 1. The maximum absolute atomic E-state index is 5.57. The van der Waals surface area contributed by atoms with Gasteiger partial charge in [0.1, 0.15) is 0 Å². The number of aromatic amines is 1. The lowest BCUT2D eigenvalue weighted by Gasteiger charge is -2.17. The van der Waals surface area contributed by atoms with Crippen molar-refractivity contribution in [3.05, 3.63) is 47.6 Å². The predicted octanol–water partition coefficient (Wildman–Crippen LogP) is 3.38. The van der Waals surface area contributed by atoms with Crippen molar-refractivity contribution >= 4 is 5.69 Å². The van der Waals surface area contributed by atoms with E-state index in [0.717, 1.165) is 31.4 Å². The molecular formula is C18H21N5O. The number of aromatic nitrogens is 4. The SMILES string of the molecule is CCN(C)c1ccc(-c2noc([C@H]3CCCc4[nH]ncc43)n2)cc1. The van der Waals surface area contributed by atoms with Gasteiger partial charge in [0.2, 0.25) is 11.7 Å². The van der Waals surface area contributed by atoms with E-state index in [-0.39, 0.29) is 5.92 Å². The monoisotopic (exact) mass is 323 g/mol. The van der Waals surface area contributed by atoms with Gasteiger partial charge in [-0.15, -0.1) is 0 Å². The summed E-state index contributed by atoms with van der Waals surface area (Å²) in [6, 6.07) is 8.26. The van der Waals surface area contributed by atoms with Gasteiger partial charge >= 0.3 is 0 Å². The Hall–Kier alpha value is -2.63. The Morgan fingerprint density at radius 1 is 1.29 bits per heavy atom. The maximum atomic E-state index is 5.57. The highest BCUT2D eigenvalue weighted by Crippen LogP contribution is 2.35. The van der Waals surface area contributed by atoms with Crippen molar-refractivity contribution in [3.8, 4) is 11.4 Å². The van der Waals surface area contributed by atoms with Crippen molar-refractivity contribution in [3.63, 3.8) is 0 Å². The van der Waals surface area contributed by atoms with Gasteiger partial charge in [-0.25, -0.2) is 0 Å². The van der Waals surface area contributed by atoms with Crippen LogP contribution < -0.4 is 4.90 Å². The average molecular weight is 323 g/mol. The van der Waals surface area contributed by atoms with Gasteiger partial charge in [0.05, 0.1) is 12.1 Å². The normalized spacial score (nSPS) is 16.8. The molecule has 0 radical (unpaired) electrons. The average Bonchev–Trinajstić information content (AvgIpc) is 3.30. The number of hydrogen-bond donors (Lipinski definition) is 1. The van der Waals surface area contributed by atoms with Crippen molar-refractivity contribution in [1.82, 2.24) is 20.3 Å². The van der Waals surface area contributed by atoms with Crippen LogP contribution in [0.5, 0.6) is 0 Å². The molecule has 0 spiro atoms. The number of aryl methyl sites for hydroxylation is 1. The van der Waals surface area contributed by atoms with Crippen molar-refractivity contribution < 1.29 is 4.52 Å². The Balaban J connectivity index is 1.60. The van der Waals surface area contributed by atoms with Gasteiger partial charge in [-0.1, -0.05) is 5.16 Å². The van der Waals surface area contributed by atoms with Crippen LogP contribution in [0, 0.1) is 0 Å². The summed E-state index contributed by atoms with van der Waals surface area (Å²) in [7, 11) is 2.08. The Morgan fingerprint density at radius 2 is 2.12 bits per heavy atom. The third-order valence-corrected chi connectivity index (χ3v) is 4.83. The molecule has 1 N–H and O–H groups in total. The first-order valence-electron chi connectivity index (χ1n) is 8.43. The van der Waals surface area contributed by atoms with Crippen LogP contribution in [0.3, 0.4) is 0 Å². The highest BCUT2D eigenvalue weighted by atomic mass is 16.5. The molecule has 0 aliphatic heterocycles. The second-order valence-electron chi connectivity index (χ2n) is 6.27. The van der Waals surface area contributed by atoms with E-state index in [1.165, 1.54) is 16.9 Å². The lowest BCUT2D eigenvalue weighted by molar-refractivity contribution is 0.354. The molecule has 1 aliphatic carbocycles. The molecule has 1 aliphatic rings. The third kappa shape index (κ3) is 2.58. The van der Waals surface area contributed by atoms with Gasteiger partial charge in [-0.2, -0.15) is 10.1 Å². The molecule has 6 heteroatoms.